The number of hydrogen-bond acceptors (Lipinski definition) is 8. The van der Waals surface area contributed by atoms with Gasteiger partial charge in [0.2, 0.25) is 11.8 Å². The maximum absolute atomic E-state index is 11.7. The van der Waals surface area contributed by atoms with Crippen molar-refractivity contribution in [1.82, 2.24) is 10.6 Å². The molecule has 1 aliphatic rings. The predicted octanol–water partition coefficient (Wildman–Crippen LogP) is -4.12. The molecule has 11 nitrogen and oxygen atoms in total. The molecule has 0 spiro atoms. The molecule has 1 heterocycles. The van der Waals surface area contributed by atoms with E-state index in [-0.39, 0.29) is 0 Å². The highest BCUT2D eigenvalue weighted by atomic mass is 16.6. The van der Waals surface area contributed by atoms with Crippen LogP contribution >= 0.6 is 0 Å². The SMILES string of the molecule is CC(=O)NCC(=O)N[C@H]1C(O)O[C@H](CO)[C@@H](O)[C@@]1(O)CC(=O)O. The van der Waals surface area contributed by atoms with Crippen molar-refractivity contribution in [3.05, 3.63) is 0 Å². The Balaban J connectivity index is 2.97. The Morgan fingerprint density at radius 1 is 1.26 bits per heavy atom. The Hall–Kier alpha value is -1.79. The van der Waals surface area contributed by atoms with E-state index in [2.05, 4.69) is 10.6 Å². The van der Waals surface area contributed by atoms with Gasteiger partial charge in [0, 0.05) is 6.92 Å². The summed E-state index contributed by atoms with van der Waals surface area (Å²) in [5, 5.41) is 52.6. The van der Waals surface area contributed by atoms with Crippen LogP contribution in [0.15, 0.2) is 0 Å². The third kappa shape index (κ3) is 4.59. The summed E-state index contributed by atoms with van der Waals surface area (Å²) in [7, 11) is 0. The molecule has 1 aliphatic heterocycles. The highest BCUT2D eigenvalue weighted by Gasteiger charge is 2.56. The van der Waals surface area contributed by atoms with Crippen molar-refractivity contribution in [3.63, 3.8) is 0 Å². The topological polar surface area (TPSA) is 186 Å². The van der Waals surface area contributed by atoms with Gasteiger partial charge in [-0.15, -0.1) is 0 Å². The van der Waals surface area contributed by atoms with Crippen LogP contribution in [0.4, 0.5) is 0 Å². The Morgan fingerprint density at radius 3 is 2.35 bits per heavy atom. The number of aliphatic hydroxyl groups is 4. The van der Waals surface area contributed by atoms with Crippen LogP contribution in [0.5, 0.6) is 0 Å². The molecular weight excluding hydrogens is 316 g/mol. The quantitative estimate of drug-likeness (QED) is 0.253. The first kappa shape index (κ1) is 19.3. The minimum Gasteiger partial charge on any atom is -0.481 e. The van der Waals surface area contributed by atoms with E-state index in [0.717, 1.165) is 0 Å². The third-order valence-electron chi connectivity index (χ3n) is 3.43. The Labute approximate surface area is 130 Å². The molecule has 0 radical (unpaired) electrons. The molecule has 1 saturated heterocycles. The van der Waals surface area contributed by atoms with Crippen molar-refractivity contribution in [2.24, 2.45) is 0 Å². The highest BCUT2D eigenvalue weighted by molar-refractivity contribution is 5.84. The number of carbonyl (C=O) groups is 3. The Bertz CT molecular complexity index is 471. The second-order valence-corrected chi connectivity index (χ2v) is 5.21. The van der Waals surface area contributed by atoms with E-state index < -0.39 is 67.5 Å². The van der Waals surface area contributed by atoms with Crippen LogP contribution in [-0.4, -0.2) is 86.6 Å². The van der Waals surface area contributed by atoms with Crippen LogP contribution in [0.2, 0.25) is 0 Å². The van der Waals surface area contributed by atoms with Crippen LogP contribution in [0.25, 0.3) is 0 Å². The number of hydrogen-bond donors (Lipinski definition) is 7. The van der Waals surface area contributed by atoms with Gasteiger partial charge in [-0.25, -0.2) is 0 Å². The zero-order valence-electron chi connectivity index (χ0n) is 12.3. The molecule has 0 aliphatic carbocycles. The molecule has 132 valence electrons. The maximum Gasteiger partial charge on any atom is 0.306 e. The van der Waals surface area contributed by atoms with Crippen LogP contribution in [0.3, 0.4) is 0 Å². The van der Waals surface area contributed by atoms with Crippen molar-refractivity contribution in [1.29, 1.82) is 0 Å². The highest BCUT2D eigenvalue weighted by Crippen LogP contribution is 2.32. The normalized spacial score (nSPS) is 33.8. The molecule has 1 rings (SSSR count). The van der Waals surface area contributed by atoms with Crippen LogP contribution in [0, 0.1) is 0 Å². The molecule has 2 amide bonds. The molecule has 23 heavy (non-hydrogen) atoms. The molecule has 1 unspecified atom stereocenters. The first-order valence-corrected chi connectivity index (χ1v) is 6.72. The number of carbonyl (C=O) groups excluding carboxylic acids is 2. The summed E-state index contributed by atoms with van der Waals surface area (Å²) < 4.78 is 4.86. The van der Waals surface area contributed by atoms with Gasteiger partial charge in [-0.05, 0) is 0 Å². The standard InChI is InChI=1S/C12H20N2O9/c1-5(16)13-3-7(17)14-9-11(21)23-6(4-15)10(20)12(9,22)2-8(18)19/h6,9-11,15,20-22H,2-4H2,1H3,(H,13,16)(H,14,17)(H,18,19)/t6-,9+,10-,11?,12-/m1/s1. The van der Waals surface area contributed by atoms with E-state index >= 15 is 0 Å². The van der Waals surface area contributed by atoms with E-state index in [1.165, 1.54) is 6.92 Å². The molecule has 0 bridgehead atoms. The number of carboxylic acid groups (broad SMARTS) is 1. The molecule has 11 heteroatoms. The molecule has 0 aromatic carbocycles. The summed E-state index contributed by atoms with van der Waals surface area (Å²) in [5.41, 5.74) is -2.48. The molecule has 1 fully saturated rings. The van der Waals surface area contributed by atoms with Gasteiger partial charge in [0.25, 0.3) is 0 Å². The van der Waals surface area contributed by atoms with Gasteiger partial charge in [-0.2, -0.15) is 0 Å². The van der Waals surface area contributed by atoms with Gasteiger partial charge < -0.3 is 40.9 Å². The Kier molecular flexibility index (Phi) is 6.41. The van der Waals surface area contributed by atoms with E-state index in [1.54, 1.807) is 0 Å². The smallest absolute Gasteiger partial charge is 0.306 e. The third-order valence-corrected chi connectivity index (χ3v) is 3.43. The summed E-state index contributed by atoms with van der Waals surface area (Å²) in [6, 6.07) is -1.68. The van der Waals surface area contributed by atoms with Gasteiger partial charge in [0.15, 0.2) is 6.29 Å². The molecule has 7 N–H and O–H groups in total. The lowest BCUT2D eigenvalue weighted by molar-refractivity contribution is -0.288. The number of rotatable bonds is 6. The van der Waals surface area contributed by atoms with E-state index in [9.17, 15) is 29.7 Å². The van der Waals surface area contributed by atoms with Crippen molar-refractivity contribution >= 4 is 17.8 Å². The summed E-state index contributed by atoms with van der Waals surface area (Å²) in [6.07, 6.45) is -6.20. The lowest BCUT2D eigenvalue weighted by atomic mass is 9.79. The fourth-order valence-electron chi connectivity index (χ4n) is 2.31. The van der Waals surface area contributed by atoms with E-state index in [0.29, 0.717) is 0 Å². The summed E-state index contributed by atoms with van der Waals surface area (Å²) >= 11 is 0. The first-order valence-electron chi connectivity index (χ1n) is 6.72. The zero-order valence-corrected chi connectivity index (χ0v) is 12.3. The minimum atomic E-state index is -2.48. The van der Waals surface area contributed by atoms with E-state index in [1.807, 2.05) is 0 Å². The first-order chi connectivity index (χ1) is 10.6. The molecule has 0 aromatic rings. The molecule has 0 saturated carbocycles. The van der Waals surface area contributed by atoms with Crippen molar-refractivity contribution < 1.29 is 44.7 Å². The number of ether oxygens (including phenoxy) is 1. The largest absolute Gasteiger partial charge is 0.481 e. The monoisotopic (exact) mass is 336 g/mol. The summed E-state index contributed by atoms with van der Waals surface area (Å²) in [5.74, 6) is -2.84. The van der Waals surface area contributed by atoms with Gasteiger partial charge >= 0.3 is 5.97 Å². The lowest BCUT2D eigenvalue weighted by Gasteiger charge is -2.48. The Morgan fingerprint density at radius 2 is 1.87 bits per heavy atom. The van der Waals surface area contributed by atoms with Crippen molar-refractivity contribution in [3.8, 4) is 0 Å². The van der Waals surface area contributed by atoms with Crippen molar-refractivity contribution in [2.45, 2.75) is 43.5 Å². The molecule has 5 atom stereocenters. The number of nitrogens with one attached hydrogen (secondary N) is 2. The van der Waals surface area contributed by atoms with Crippen LogP contribution in [-0.2, 0) is 19.1 Å². The number of carboxylic acids is 1. The second kappa shape index (κ2) is 7.66. The van der Waals surface area contributed by atoms with E-state index in [4.69, 9.17) is 14.9 Å². The molecule has 0 aromatic heterocycles. The van der Waals surface area contributed by atoms with Crippen molar-refractivity contribution in [2.75, 3.05) is 13.2 Å². The average Bonchev–Trinajstić information content (AvgIpc) is 2.44. The summed E-state index contributed by atoms with van der Waals surface area (Å²) in [6.45, 7) is -0.101. The fraction of sp³-hybridized carbons (Fsp3) is 0.750. The van der Waals surface area contributed by atoms with Gasteiger partial charge in [0.05, 0.1) is 19.6 Å². The lowest BCUT2D eigenvalue weighted by Crippen LogP contribution is -2.72. The van der Waals surface area contributed by atoms with Crippen LogP contribution in [0.1, 0.15) is 13.3 Å². The molecular formula is C12H20N2O9. The van der Waals surface area contributed by atoms with Gasteiger partial charge in [-0.3, -0.25) is 14.4 Å². The maximum atomic E-state index is 11.7. The fourth-order valence-corrected chi connectivity index (χ4v) is 2.31. The number of amides is 2. The van der Waals surface area contributed by atoms with Gasteiger partial charge in [-0.1, -0.05) is 0 Å². The zero-order chi connectivity index (χ0) is 17.8. The minimum absolute atomic E-state index is 0.485. The predicted molar refractivity (Wildman–Crippen MR) is 71.8 cm³/mol. The van der Waals surface area contributed by atoms with Gasteiger partial charge in [0.1, 0.15) is 23.9 Å². The number of aliphatic carboxylic acids is 1. The second-order valence-electron chi connectivity index (χ2n) is 5.21. The van der Waals surface area contributed by atoms with Crippen LogP contribution < -0.4 is 10.6 Å². The average molecular weight is 336 g/mol. The summed E-state index contributed by atoms with van der Waals surface area (Å²) in [4.78, 5) is 33.4. The number of aliphatic hydroxyl groups excluding tert-OH is 3.